The van der Waals surface area contributed by atoms with E-state index >= 15 is 0 Å². The largest absolute Gasteiger partial charge is 0.447 e. The number of benzene rings is 2. The number of nitrogens with one attached hydrogen (secondary N) is 1. The lowest BCUT2D eigenvalue weighted by Crippen LogP contribution is -2.63. The molecule has 3 heterocycles. The van der Waals surface area contributed by atoms with Crippen molar-refractivity contribution >= 4 is 22.9 Å². The number of hydrogen-bond donors (Lipinski definition) is 1. The van der Waals surface area contributed by atoms with Gasteiger partial charge in [0.25, 0.3) is 5.91 Å². The van der Waals surface area contributed by atoms with Crippen LogP contribution in [0.3, 0.4) is 0 Å². The first-order valence-corrected chi connectivity index (χ1v) is 9.37. The van der Waals surface area contributed by atoms with Gasteiger partial charge in [-0.15, -0.1) is 0 Å². The van der Waals surface area contributed by atoms with Gasteiger partial charge in [0.1, 0.15) is 12.1 Å². The predicted octanol–water partition coefficient (Wildman–Crippen LogP) is 2.45. The van der Waals surface area contributed by atoms with Crippen molar-refractivity contribution in [3.8, 4) is 0 Å². The maximum atomic E-state index is 13.2. The highest BCUT2D eigenvalue weighted by Gasteiger charge is 2.51. The van der Waals surface area contributed by atoms with E-state index in [1.165, 1.54) is 0 Å². The van der Waals surface area contributed by atoms with Gasteiger partial charge in [0.2, 0.25) is 0 Å². The summed E-state index contributed by atoms with van der Waals surface area (Å²) in [6.07, 6.45) is 0.346. The number of cyclic esters (lactones) is 1. The zero-order valence-corrected chi connectivity index (χ0v) is 15.3. The fourth-order valence-corrected chi connectivity index (χ4v) is 4.29. The molecule has 1 aromatic heterocycles. The second-order valence-electron chi connectivity index (χ2n) is 7.44. The number of aromatic amines is 1. The molecule has 0 spiro atoms. The molecule has 7 heteroatoms. The molecule has 2 saturated heterocycles. The average Bonchev–Trinajstić information content (AvgIpc) is 3.29. The quantitative estimate of drug-likeness (QED) is 0.762. The molecule has 2 aliphatic rings. The van der Waals surface area contributed by atoms with Crippen LogP contribution in [0.1, 0.15) is 16.1 Å². The second kappa shape index (κ2) is 6.37. The van der Waals surface area contributed by atoms with Crippen LogP contribution in [0.25, 0.3) is 10.9 Å². The molecule has 0 saturated carbocycles. The number of piperazine rings is 1. The number of carbonyl (C=O) groups is 2. The van der Waals surface area contributed by atoms with Gasteiger partial charge in [-0.3, -0.25) is 14.8 Å². The van der Waals surface area contributed by atoms with Crippen molar-refractivity contribution in [2.24, 2.45) is 0 Å². The highest BCUT2D eigenvalue weighted by atomic mass is 16.6. The Morgan fingerprint density at radius 3 is 2.75 bits per heavy atom. The van der Waals surface area contributed by atoms with Crippen LogP contribution in [0.15, 0.2) is 54.6 Å². The van der Waals surface area contributed by atoms with Crippen LogP contribution < -0.4 is 0 Å². The second-order valence-corrected chi connectivity index (χ2v) is 7.44. The summed E-state index contributed by atoms with van der Waals surface area (Å²) >= 11 is 0. The molecule has 142 valence electrons. The summed E-state index contributed by atoms with van der Waals surface area (Å²) in [5.41, 5.74) is 1.83. The van der Waals surface area contributed by atoms with Gasteiger partial charge < -0.3 is 9.64 Å². The highest BCUT2D eigenvalue weighted by molar-refractivity contribution is 6.04. The van der Waals surface area contributed by atoms with E-state index in [0.29, 0.717) is 31.7 Å². The van der Waals surface area contributed by atoms with Crippen LogP contribution in [0.4, 0.5) is 4.79 Å². The van der Waals surface area contributed by atoms with Crippen molar-refractivity contribution in [3.05, 3.63) is 65.9 Å². The molecule has 0 bridgehead atoms. The molecule has 2 aromatic carbocycles. The molecular weight excluding hydrogens is 356 g/mol. The first-order valence-electron chi connectivity index (χ1n) is 9.37. The third-order valence-corrected chi connectivity index (χ3v) is 5.67. The molecule has 2 aliphatic heterocycles. The van der Waals surface area contributed by atoms with Gasteiger partial charge in [0.05, 0.1) is 5.52 Å². The summed E-state index contributed by atoms with van der Waals surface area (Å²) in [7, 11) is 0. The molecule has 2 fully saturated rings. The number of ether oxygens (including phenoxy) is 1. The summed E-state index contributed by atoms with van der Waals surface area (Å²) in [5.74, 6) is -0.121. The lowest BCUT2D eigenvalue weighted by atomic mass is 9.88. The Bertz CT molecular complexity index is 1050. The van der Waals surface area contributed by atoms with Gasteiger partial charge in [0.15, 0.2) is 5.69 Å². The van der Waals surface area contributed by atoms with Crippen LogP contribution >= 0.6 is 0 Å². The standard InChI is InChI=1S/C21H20N4O3/c26-19(18-16-8-4-5-9-17(16)22-23-18)24-10-11-25-20(27)28-14-21(25,13-24)12-15-6-2-1-3-7-15/h1-9H,10-14H2,(H,22,23). The number of hydrogen-bond acceptors (Lipinski definition) is 4. The molecule has 0 aliphatic carbocycles. The molecule has 0 radical (unpaired) electrons. The lowest BCUT2D eigenvalue weighted by Gasteiger charge is -2.44. The van der Waals surface area contributed by atoms with Crippen molar-refractivity contribution in [1.29, 1.82) is 0 Å². The van der Waals surface area contributed by atoms with E-state index in [0.717, 1.165) is 16.5 Å². The number of nitrogens with zero attached hydrogens (tertiary/aromatic N) is 3. The number of carbonyl (C=O) groups excluding carboxylic acids is 2. The predicted molar refractivity (Wildman–Crippen MR) is 103 cm³/mol. The Hall–Kier alpha value is -3.35. The van der Waals surface area contributed by atoms with Crippen LogP contribution in [0, 0.1) is 0 Å². The summed E-state index contributed by atoms with van der Waals surface area (Å²) in [5, 5.41) is 7.98. The third-order valence-electron chi connectivity index (χ3n) is 5.67. The van der Waals surface area contributed by atoms with Gasteiger partial charge in [-0.05, 0) is 11.6 Å². The van der Waals surface area contributed by atoms with Crippen molar-refractivity contribution < 1.29 is 14.3 Å². The maximum Gasteiger partial charge on any atom is 0.410 e. The van der Waals surface area contributed by atoms with Gasteiger partial charge in [-0.1, -0.05) is 48.5 Å². The molecule has 1 atom stereocenters. The van der Waals surface area contributed by atoms with Gasteiger partial charge in [-0.2, -0.15) is 5.10 Å². The van der Waals surface area contributed by atoms with Crippen molar-refractivity contribution in [2.45, 2.75) is 12.0 Å². The van der Waals surface area contributed by atoms with Crippen LogP contribution in [0.2, 0.25) is 0 Å². The minimum Gasteiger partial charge on any atom is -0.447 e. The minimum atomic E-state index is -0.543. The summed E-state index contributed by atoms with van der Waals surface area (Å²) in [6, 6.07) is 17.6. The molecule has 1 unspecified atom stereocenters. The van der Waals surface area contributed by atoms with Gasteiger partial charge in [-0.25, -0.2) is 4.79 Å². The van der Waals surface area contributed by atoms with E-state index in [2.05, 4.69) is 10.2 Å². The molecule has 1 N–H and O–H groups in total. The first-order chi connectivity index (χ1) is 13.7. The third kappa shape index (κ3) is 2.62. The van der Waals surface area contributed by atoms with Gasteiger partial charge >= 0.3 is 6.09 Å². The lowest BCUT2D eigenvalue weighted by molar-refractivity contribution is 0.0372. The first kappa shape index (κ1) is 16.8. The Labute approximate surface area is 161 Å². The van der Waals surface area contributed by atoms with Crippen LogP contribution in [-0.2, 0) is 11.2 Å². The molecule has 3 aromatic rings. The number of fused-ring (bicyclic) bond motifs is 2. The summed E-state index contributed by atoms with van der Waals surface area (Å²) in [4.78, 5) is 29.1. The molecule has 5 rings (SSSR count). The van der Waals surface area contributed by atoms with Crippen molar-refractivity contribution in [1.82, 2.24) is 20.0 Å². The number of para-hydroxylation sites is 1. The van der Waals surface area contributed by atoms with Crippen LogP contribution in [-0.4, -0.2) is 63.8 Å². The zero-order valence-electron chi connectivity index (χ0n) is 15.3. The van der Waals surface area contributed by atoms with E-state index in [1.807, 2.05) is 54.6 Å². The molecular formula is C21H20N4O3. The fourth-order valence-electron chi connectivity index (χ4n) is 4.29. The van der Waals surface area contributed by atoms with Crippen molar-refractivity contribution in [3.63, 3.8) is 0 Å². The van der Waals surface area contributed by atoms with Crippen LogP contribution in [0.5, 0.6) is 0 Å². The SMILES string of the molecule is O=C(c1n[nH]c2ccccc12)N1CCN2C(=O)OCC2(Cc2ccccc2)C1. The van der Waals surface area contributed by atoms with E-state index in [4.69, 9.17) is 4.74 Å². The monoisotopic (exact) mass is 376 g/mol. The van der Waals surface area contributed by atoms with E-state index in [9.17, 15) is 9.59 Å². The van der Waals surface area contributed by atoms with Gasteiger partial charge in [0, 0.05) is 31.4 Å². The van der Waals surface area contributed by atoms with E-state index in [1.54, 1.807) is 9.80 Å². The molecule has 7 nitrogen and oxygen atoms in total. The highest BCUT2D eigenvalue weighted by Crippen LogP contribution is 2.33. The van der Waals surface area contributed by atoms with Crippen molar-refractivity contribution in [2.75, 3.05) is 26.2 Å². The summed E-state index contributed by atoms with van der Waals surface area (Å²) < 4.78 is 5.39. The number of rotatable bonds is 3. The van der Waals surface area contributed by atoms with E-state index < -0.39 is 5.54 Å². The Morgan fingerprint density at radius 2 is 1.89 bits per heavy atom. The Balaban J connectivity index is 1.46. The molecule has 28 heavy (non-hydrogen) atoms. The summed E-state index contributed by atoms with van der Waals surface area (Å²) in [6.45, 7) is 1.63. The zero-order chi connectivity index (χ0) is 19.1. The topological polar surface area (TPSA) is 78.5 Å². The number of H-pyrrole nitrogens is 1. The maximum absolute atomic E-state index is 13.2. The Morgan fingerprint density at radius 1 is 1.11 bits per heavy atom. The number of amides is 2. The average molecular weight is 376 g/mol. The minimum absolute atomic E-state index is 0.121. The molecule has 2 amide bonds. The fraction of sp³-hybridized carbons (Fsp3) is 0.286. The Kier molecular flexibility index (Phi) is 3.82. The van der Waals surface area contributed by atoms with E-state index in [-0.39, 0.29) is 18.6 Å². The number of aromatic nitrogens is 2. The smallest absolute Gasteiger partial charge is 0.410 e. The normalized spacial score (nSPS) is 21.6.